The molecule has 0 radical (unpaired) electrons. The average molecular weight is 201 g/mol. The first-order chi connectivity index (χ1) is 6.58. The fourth-order valence-corrected chi connectivity index (χ4v) is 2.17. The molecule has 1 unspecified atom stereocenters. The van der Waals surface area contributed by atoms with Crippen LogP contribution in [0.3, 0.4) is 0 Å². The summed E-state index contributed by atoms with van der Waals surface area (Å²) >= 11 is 0. The number of rotatable bonds is 4. The van der Waals surface area contributed by atoms with Crippen molar-refractivity contribution >= 4 is 0 Å². The molecule has 0 aromatic rings. The van der Waals surface area contributed by atoms with Crippen LogP contribution in [0.25, 0.3) is 0 Å². The Hall–Kier alpha value is -0.110. The summed E-state index contributed by atoms with van der Waals surface area (Å²) in [5, 5.41) is 0. The molecule has 0 amide bonds. The second kappa shape index (κ2) is 5.11. The molecule has 1 rings (SSSR count). The molecule has 14 heavy (non-hydrogen) atoms. The van der Waals surface area contributed by atoms with E-state index in [-0.39, 0.29) is 5.92 Å². The van der Waals surface area contributed by atoms with Gasteiger partial charge in [-0.15, -0.1) is 0 Å². The molecule has 1 saturated heterocycles. The molecule has 0 aliphatic carbocycles. The van der Waals surface area contributed by atoms with Crippen molar-refractivity contribution in [3.8, 4) is 0 Å². The molecular formula is C12H24FN. The molecule has 0 bridgehead atoms. The number of unbranched alkanes of at least 4 members (excludes halogenated alkanes) is 1. The highest BCUT2D eigenvalue weighted by molar-refractivity contribution is 4.89. The van der Waals surface area contributed by atoms with Gasteiger partial charge in [0.05, 0.1) is 0 Å². The lowest BCUT2D eigenvalue weighted by Crippen LogP contribution is -2.48. The first-order valence-corrected chi connectivity index (χ1v) is 6.00. The highest BCUT2D eigenvalue weighted by Gasteiger charge is 2.37. The molecule has 1 heterocycles. The Morgan fingerprint density at radius 1 is 1.43 bits per heavy atom. The number of hydrogen-bond donors (Lipinski definition) is 0. The molecule has 0 spiro atoms. The highest BCUT2D eigenvalue weighted by Crippen LogP contribution is 2.32. The third-order valence-electron chi connectivity index (χ3n) is 3.42. The lowest BCUT2D eigenvalue weighted by Gasteiger charge is -2.39. The zero-order chi connectivity index (χ0) is 10.6. The second-order valence-corrected chi connectivity index (χ2v) is 4.92. The van der Waals surface area contributed by atoms with Crippen molar-refractivity contribution < 1.29 is 4.39 Å². The summed E-state index contributed by atoms with van der Waals surface area (Å²) in [6.07, 6.45) is 4.19. The monoisotopic (exact) mass is 201 g/mol. The Bertz CT molecular complexity index is 170. The molecule has 1 atom stereocenters. The molecule has 84 valence electrons. The Labute approximate surface area is 87.7 Å². The third kappa shape index (κ3) is 2.94. The Kier molecular flexibility index (Phi) is 4.36. The zero-order valence-electron chi connectivity index (χ0n) is 9.85. The largest absolute Gasteiger partial charge is 0.300 e. The van der Waals surface area contributed by atoms with Gasteiger partial charge in [0.2, 0.25) is 0 Å². The Morgan fingerprint density at radius 3 is 2.71 bits per heavy atom. The van der Waals surface area contributed by atoms with Crippen LogP contribution < -0.4 is 0 Å². The van der Waals surface area contributed by atoms with Gasteiger partial charge < -0.3 is 4.90 Å². The van der Waals surface area contributed by atoms with Gasteiger partial charge in [0.25, 0.3) is 0 Å². The third-order valence-corrected chi connectivity index (χ3v) is 3.42. The van der Waals surface area contributed by atoms with Crippen LogP contribution in [-0.2, 0) is 0 Å². The predicted molar refractivity (Wildman–Crippen MR) is 59.3 cm³/mol. The zero-order valence-corrected chi connectivity index (χ0v) is 9.85. The van der Waals surface area contributed by atoms with Gasteiger partial charge in [-0.05, 0) is 38.3 Å². The maximum absolute atomic E-state index is 14.3. The summed E-state index contributed by atoms with van der Waals surface area (Å²) in [5.41, 5.74) is -0.925. The first-order valence-electron chi connectivity index (χ1n) is 6.00. The molecule has 1 fully saturated rings. The molecule has 1 aliphatic rings. The number of likely N-dealkylation sites (tertiary alicyclic amines) is 1. The van der Waals surface area contributed by atoms with Gasteiger partial charge in [-0.1, -0.05) is 27.2 Å². The van der Waals surface area contributed by atoms with Crippen molar-refractivity contribution in [1.82, 2.24) is 4.90 Å². The van der Waals surface area contributed by atoms with Gasteiger partial charge in [0, 0.05) is 6.54 Å². The molecule has 0 aromatic heterocycles. The van der Waals surface area contributed by atoms with Crippen molar-refractivity contribution in [2.75, 3.05) is 19.6 Å². The Morgan fingerprint density at radius 2 is 2.14 bits per heavy atom. The lowest BCUT2D eigenvalue weighted by atomic mass is 9.84. The smallest absolute Gasteiger partial charge is 0.126 e. The summed E-state index contributed by atoms with van der Waals surface area (Å²) in [6, 6.07) is 0. The summed E-state index contributed by atoms with van der Waals surface area (Å²) in [4.78, 5) is 2.30. The Balaban J connectivity index is 2.42. The predicted octanol–water partition coefficient (Wildman–Crippen LogP) is 3.25. The van der Waals surface area contributed by atoms with Gasteiger partial charge in [0.1, 0.15) is 5.67 Å². The van der Waals surface area contributed by atoms with E-state index in [1.807, 2.05) is 13.8 Å². The van der Waals surface area contributed by atoms with Crippen LogP contribution in [0.1, 0.15) is 46.5 Å². The highest BCUT2D eigenvalue weighted by atomic mass is 19.1. The minimum absolute atomic E-state index is 0.159. The van der Waals surface area contributed by atoms with E-state index >= 15 is 0 Å². The SMILES string of the molecule is CCCCN1CCCC(F)(C(C)C)C1. The van der Waals surface area contributed by atoms with Crippen LogP contribution >= 0.6 is 0 Å². The topological polar surface area (TPSA) is 3.24 Å². The number of hydrogen-bond acceptors (Lipinski definition) is 1. The number of alkyl halides is 1. The molecule has 0 N–H and O–H groups in total. The van der Waals surface area contributed by atoms with Crippen LogP contribution in [0.2, 0.25) is 0 Å². The summed E-state index contributed by atoms with van der Waals surface area (Å²) < 4.78 is 14.3. The summed E-state index contributed by atoms with van der Waals surface area (Å²) in [7, 11) is 0. The molecule has 0 saturated carbocycles. The fourth-order valence-electron chi connectivity index (χ4n) is 2.17. The van der Waals surface area contributed by atoms with Gasteiger partial charge in [-0.2, -0.15) is 0 Å². The van der Waals surface area contributed by atoms with Crippen molar-refractivity contribution in [2.24, 2.45) is 5.92 Å². The van der Waals surface area contributed by atoms with E-state index in [9.17, 15) is 4.39 Å². The molecular weight excluding hydrogens is 177 g/mol. The first kappa shape index (κ1) is 12.0. The van der Waals surface area contributed by atoms with E-state index in [2.05, 4.69) is 11.8 Å². The van der Waals surface area contributed by atoms with Gasteiger partial charge in [0.15, 0.2) is 0 Å². The standard InChI is InChI=1S/C12H24FN/c1-4-5-8-14-9-6-7-12(13,10-14)11(2)3/h11H,4-10H2,1-3H3. The molecule has 1 aliphatic heterocycles. The number of halogens is 1. The van der Waals surface area contributed by atoms with Gasteiger partial charge in [-0.25, -0.2) is 4.39 Å². The molecule has 1 nitrogen and oxygen atoms in total. The van der Waals surface area contributed by atoms with E-state index < -0.39 is 5.67 Å². The number of nitrogens with zero attached hydrogens (tertiary/aromatic N) is 1. The van der Waals surface area contributed by atoms with Crippen LogP contribution in [0.4, 0.5) is 4.39 Å². The average Bonchev–Trinajstić information content (AvgIpc) is 2.15. The van der Waals surface area contributed by atoms with Crippen molar-refractivity contribution in [2.45, 2.75) is 52.1 Å². The molecule has 0 aromatic carbocycles. The maximum atomic E-state index is 14.3. The van der Waals surface area contributed by atoms with Crippen LogP contribution in [0.15, 0.2) is 0 Å². The van der Waals surface area contributed by atoms with Crippen LogP contribution in [-0.4, -0.2) is 30.2 Å². The second-order valence-electron chi connectivity index (χ2n) is 4.92. The van der Waals surface area contributed by atoms with Crippen molar-refractivity contribution in [3.05, 3.63) is 0 Å². The van der Waals surface area contributed by atoms with E-state index in [1.54, 1.807) is 0 Å². The number of piperidine rings is 1. The lowest BCUT2D eigenvalue weighted by molar-refractivity contribution is 0.00776. The van der Waals surface area contributed by atoms with E-state index in [0.717, 1.165) is 25.9 Å². The van der Waals surface area contributed by atoms with Crippen molar-refractivity contribution in [1.29, 1.82) is 0 Å². The normalized spacial score (nSPS) is 29.8. The minimum Gasteiger partial charge on any atom is -0.300 e. The van der Waals surface area contributed by atoms with E-state index in [1.165, 1.54) is 12.8 Å². The minimum atomic E-state index is -0.925. The fraction of sp³-hybridized carbons (Fsp3) is 1.00. The van der Waals surface area contributed by atoms with Crippen LogP contribution in [0, 0.1) is 5.92 Å². The van der Waals surface area contributed by atoms with Gasteiger partial charge >= 0.3 is 0 Å². The maximum Gasteiger partial charge on any atom is 0.126 e. The van der Waals surface area contributed by atoms with Crippen molar-refractivity contribution in [3.63, 3.8) is 0 Å². The van der Waals surface area contributed by atoms with Gasteiger partial charge in [-0.3, -0.25) is 0 Å². The van der Waals surface area contributed by atoms with Crippen LogP contribution in [0.5, 0.6) is 0 Å². The van der Waals surface area contributed by atoms with E-state index in [0.29, 0.717) is 6.54 Å². The molecule has 2 heteroatoms. The summed E-state index contributed by atoms with van der Waals surface area (Å²) in [6.45, 7) is 9.03. The van der Waals surface area contributed by atoms with E-state index in [4.69, 9.17) is 0 Å². The quantitative estimate of drug-likeness (QED) is 0.675. The summed E-state index contributed by atoms with van der Waals surface area (Å²) in [5.74, 6) is 0.159.